The second-order valence-electron chi connectivity index (χ2n) is 6.37. The number of aliphatic hydroxyl groups is 1. The lowest BCUT2D eigenvalue weighted by atomic mass is 9.96. The van der Waals surface area contributed by atoms with E-state index >= 15 is 0 Å². The van der Waals surface area contributed by atoms with Crippen molar-refractivity contribution in [2.75, 3.05) is 0 Å². The number of hydrogen-bond acceptors (Lipinski definition) is 4. The van der Waals surface area contributed by atoms with E-state index in [1.54, 1.807) is 56.3 Å². The zero-order valence-electron chi connectivity index (χ0n) is 13.8. The minimum absolute atomic E-state index is 0.00341. The standard InChI is InChI=1S/C19H22O4/c1-12(2)17-15(6-5-7-16(17)20)18(21)23-14-10-8-13(9-11-14)19(3,4)22/h5-12,20,22H,1-4H3. The first-order valence-corrected chi connectivity index (χ1v) is 7.57. The number of carbonyl (C=O) groups is 1. The summed E-state index contributed by atoms with van der Waals surface area (Å²) in [5, 5.41) is 19.9. The van der Waals surface area contributed by atoms with Gasteiger partial charge in [0.2, 0.25) is 0 Å². The normalized spacial score (nSPS) is 11.6. The third kappa shape index (κ3) is 3.90. The zero-order chi connectivity index (χ0) is 17.2. The summed E-state index contributed by atoms with van der Waals surface area (Å²) < 4.78 is 5.38. The molecule has 0 saturated carbocycles. The van der Waals surface area contributed by atoms with Gasteiger partial charge < -0.3 is 14.9 Å². The predicted molar refractivity (Wildman–Crippen MR) is 88.8 cm³/mol. The topological polar surface area (TPSA) is 66.8 Å². The number of rotatable bonds is 4. The Morgan fingerprint density at radius 3 is 2.22 bits per heavy atom. The molecule has 2 aromatic rings. The number of benzene rings is 2. The lowest BCUT2D eigenvalue weighted by Crippen LogP contribution is -2.15. The van der Waals surface area contributed by atoms with Gasteiger partial charge in [0.1, 0.15) is 11.5 Å². The van der Waals surface area contributed by atoms with Crippen LogP contribution < -0.4 is 4.74 Å². The Morgan fingerprint density at radius 1 is 1.09 bits per heavy atom. The number of ether oxygens (including phenoxy) is 1. The molecule has 0 aromatic heterocycles. The van der Waals surface area contributed by atoms with Gasteiger partial charge in [-0.25, -0.2) is 4.79 Å². The molecule has 0 amide bonds. The summed E-state index contributed by atoms with van der Waals surface area (Å²) in [4.78, 5) is 12.4. The van der Waals surface area contributed by atoms with Crippen molar-refractivity contribution in [3.8, 4) is 11.5 Å². The van der Waals surface area contributed by atoms with E-state index in [0.717, 1.165) is 5.56 Å². The molecule has 0 bridgehead atoms. The summed E-state index contributed by atoms with van der Waals surface area (Å²) in [5.41, 5.74) is 0.716. The maximum atomic E-state index is 12.4. The smallest absolute Gasteiger partial charge is 0.343 e. The van der Waals surface area contributed by atoms with Crippen LogP contribution in [0.25, 0.3) is 0 Å². The van der Waals surface area contributed by atoms with Gasteiger partial charge in [0.25, 0.3) is 0 Å². The van der Waals surface area contributed by atoms with Crippen LogP contribution in [0.3, 0.4) is 0 Å². The number of aromatic hydroxyl groups is 1. The van der Waals surface area contributed by atoms with Crippen molar-refractivity contribution in [2.24, 2.45) is 0 Å². The molecule has 0 fully saturated rings. The fourth-order valence-electron chi connectivity index (χ4n) is 2.43. The highest BCUT2D eigenvalue weighted by Gasteiger charge is 2.20. The molecule has 0 unspecified atom stereocenters. The Hall–Kier alpha value is -2.33. The molecule has 2 rings (SSSR count). The van der Waals surface area contributed by atoms with Crippen LogP contribution in [-0.4, -0.2) is 16.2 Å². The van der Waals surface area contributed by atoms with Crippen LogP contribution in [0, 0.1) is 0 Å². The molecule has 2 aromatic carbocycles. The SMILES string of the molecule is CC(C)c1c(O)cccc1C(=O)Oc1ccc(C(C)(C)O)cc1. The van der Waals surface area contributed by atoms with Crippen molar-refractivity contribution >= 4 is 5.97 Å². The van der Waals surface area contributed by atoms with E-state index in [1.165, 1.54) is 0 Å². The summed E-state index contributed by atoms with van der Waals surface area (Å²) in [7, 11) is 0. The van der Waals surface area contributed by atoms with Crippen LogP contribution in [0.15, 0.2) is 42.5 Å². The Balaban J connectivity index is 2.25. The van der Waals surface area contributed by atoms with Crippen molar-refractivity contribution in [1.82, 2.24) is 0 Å². The molecule has 0 spiro atoms. The molecule has 0 aliphatic carbocycles. The molecule has 122 valence electrons. The van der Waals surface area contributed by atoms with Gasteiger partial charge in [0.15, 0.2) is 0 Å². The van der Waals surface area contributed by atoms with Gasteiger partial charge in [-0.05, 0) is 49.6 Å². The molecule has 0 saturated heterocycles. The van der Waals surface area contributed by atoms with E-state index in [9.17, 15) is 15.0 Å². The Bertz CT molecular complexity index is 694. The van der Waals surface area contributed by atoms with Crippen LogP contribution in [-0.2, 0) is 5.60 Å². The number of carbonyl (C=O) groups excluding carboxylic acids is 1. The first-order valence-electron chi connectivity index (χ1n) is 7.57. The number of phenols is 1. The molecule has 0 heterocycles. The number of phenolic OH excluding ortho intramolecular Hbond substituents is 1. The molecular formula is C19H22O4. The molecule has 23 heavy (non-hydrogen) atoms. The van der Waals surface area contributed by atoms with Crippen molar-refractivity contribution in [1.29, 1.82) is 0 Å². The Labute approximate surface area is 136 Å². The lowest BCUT2D eigenvalue weighted by molar-refractivity contribution is 0.0731. The fraction of sp³-hybridized carbons (Fsp3) is 0.316. The summed E-state index contributed by atoms with van der Waals surface area (Å²) in [5.74, 6) is -0.0372. The van der Waals surface area contributed by atoms with E-state index in [1.807, 2.05) is 13.8 Å². The van der Waals surface area contributed by atoms with Crippen molar-refractivity contribution in [3.05, 3.63) is 59.2 Å². The monoisotopic (exact) mass is 314 g/mol. The maximum absolute atomic E-state index is 12.4. The molecule has 4 nitrogen and oxygen atoms in total. The van der Waals surface area contributed by atoms with Gasteiger partial charge in [-0.15, -0.1) is 0 Å². The van der Waals surface area contributed by atoms with Crippen molar-refractivity contribution < 1.29 is 19.7 Å². The molecule has 0 aliphatic rings. The van der Waals surface area contributed by atoms with Crippen LogP contribution in [0.2, 0.25) is 0 Å². The van der Waals surface area contributed by atoms with Gasteiger partial charge >= 0.3 is 5.97 Å². The number of esters is 1. The van der Waals surface area contributed by atoms with Gasteiger partial charge in [0.05, 0.1) is 11.2 Å². The van der Waals surface area contributed by atoms with Crippen molar-refractivity contribution in [2.45, 2.75) is 39.2 Å². The van der Waals surface area contributed by atoms with Gasteiger partial charge in [0, 0.05) is 5.56 Å². The summed E-state index contributed by atoms with van der Waals surface area (Å²) >= 11 is 0. The third-order valence-corrected chi connectivity index (χ3v) is 3.65. The lowest BCUT2D eigenvalue weighted by Gasteiger charge is -2.18. The predicted octanol–water partition coefficient (Wildman–Crippen LogP) is 3.96. The zero-order valence-corrected chi connectivity index (χ0v) is 13.8. The molecule has 2 N–H and O–H groups in total. The average molecular weight is 314 g/mol. The second kappa shape index (κ2) is 6.42. The maximum Gasteiger partial charge on any atom is 0.343 e. The van der Waals surface area contributed by atoms with E-state index in [0.29, 0.717) is 16.9 Å². The molecule has 0 aliphatic heterocycles. The largest absolute Gasteiger partial charge is 0.508 e. The highest BCUT2D eigenvalue weighted by molar-refractivity contribution is 5.93. The minimum Gasteiger partial charge on any atom is -0.508 e. The van der Waals surface area contributed by atoms with Crippen LogP contribution in [0.4, 0.5) is 0 Å². The molecule has 0 atom stereocenters. The second-order valence-corrected chi connectivity index (χ2v) is 6.37. The van der Waals surface area contributed by atoms with Gasteiger partial charge in [-0.1, -0.05) is 32.0 Å². The quantitative estimate of drug-likeness (QED) is 0.662. The van der Waals surface area contributed by atoms with Crippen LogP contribution >= 0.6 is 0 Å². The Morgan fingerprint density at radius 2 is 1.70 bits per heavy atom. The fourth-order valence-corrected chi connectivity index (χ4v) is 2.43. The van der Waals surface area contributed by atoms with Gasteiger partial charge in [-0.3, -0.25) is 0 Å². The van der Waals surface area contributed by atoms with E-state index < -0.39 is 11.6 Å². The third-order valence-electron chi connectivity index (χ3n) is 3.65. The van der Waals surface area contributed by atoms with Crippen LogP contribution in [0.5, 0.6) is 11.5 Å². The van der Waals surface area contributed by atoms with E-state index in [2.05, 4.69) is 0 Å². The summed E-state index contributed by atoms with van der Waals surface area (Å²) in [6, 6.07) is 11.5. The van der Waals surface area contributed by atoms with E-state index in [4.69, 9.17) is 4.74 Å². The van der Waals surface area contributed by atoms with Crippen LogP contribution in [0.1, 0.15) is 55.1 Å². The highest BCUT2D eigenvalue weighted by atomic mass is 16.5. The first kappa shape index (κ1) is 17.0. The Kier molecular flexibility index (Phi) is 4.76. The van der Waals surface area contributed by atoms with Gasteiger partial charge in [-0.2, -0.15) is 0 Å². The van der Waals surface area contributed by atoms with Crippen molar-refractivity contribution in [3.63, 3.8) is 0 Å². The highest BCUT2D eigenvalue weighted by Crippen LogP contribution is 2.30. The average Bonchev–Trinajstić information content (AvgIpc) is 2.46. The number of hydrogen-bond donors (Lipinski definition) is 2. The molecule has 0 radical (unpaired) electrons. The summed E-state index contributed by atoms with van der Waals surface area (Å²) in [6.45, 7) is 7.19. The first-order chi connectivity index (χ1) is 10.7. The van der Waals surface area contributed by atoms with E-state index in [-0.39, 0.29) is 11.7 Å². The summed E-state index contributed by atoms with van der Waals surface area (Å²) in [6.07, 6.45) is 0. The molecule has 4 heteroatoms. The minimum atomic E-state index is -0.946. The molecular weight excluding hydrogens is 292 g/mol.